The molecular formula is C25H24N6O2. The number of benzene rings is 2. The fourth-order valence-corrected chi connectivity index (χ4v) is 3.85. The second-order valence-electron chi connectivity index (χ2n) is 8.15. The van der Waals surface area contributed by atoms with Crippen LogP contribution in [0.4, 0.5) is 11.6 Å². The van der Waals surface area contributed by atoms with E-state index in [1.165, 1.54) is 0 Å². The van der Waals surface area contributed by atoms with Crippen LogP contribution in [0.1, 0.15) is 17.5 Å². The third-order valence-corrected chi connectivity index (χ3v) is 5.75. The second-order valence-corrected chi connectivity index (χ2v) is 8.15. The van der Waals surface area contributed by atoms with Gasteiger partial charge in [-0.1, -0.05) is 60.7 Å². The van der Waals surface area contributed by atoms with Gasteiger partial charge in [0.15, 0.2) is 0 Å². The van der Waals surface area contributed by atoms with Crippen molar-refractivity contribution in [3.05, 3.63) is 96.3 Å². The van der Waals surface area contributed by atoms with E-state index < -0.39 is 0 Å². The lowest BCUT2D eigenvalue weighted by Crippen LogP contribution is -2.23. The molecule has 1 saturated carbocycles. The van der Waals surface area contributed by atoms with E-state index in [4.69, 9.17) is 0 Å². The zero-order valence-electron chi connectivity index (χ0n) is 18.0. The van der Waals surface area contributed by atoms with Crippen LogP contribution in [0.2, 0.25) is 0 Å². The zero-order chi connectivity index (χ0) is 22.6. The average molecular weight is 441 g/mol. The fourth-order valence-electron chi connectivity index (χ4n) is 3.85. The molecule has 2 aromatic carbocycles. The molecule has 33 heavy (non-hydrogen) atoms. The quantitative estimate of drug-likeness (QED) is 0.439. The van der Waals surface area contributed by atoms with E-state index in [1.807, 2.05) is 60.7 Å². The van der Waals surface area contributed by atoms with Crippen molar-refractivity contribution in [2.24, 2.45) is 11.8 Å². The number of anilines is 2. The number of hydrogen-bond acceptors (Lipinski definition) is 4. The van der Waals surface area contributed by atoms with Gasteiger partial charge in [-0.15, -0.1) is 0 Å². The van der Waals surface area contributed by atoms with Gasteiger partial charge in [0.2, 0.25) is 11.8 Å². The molecule has 0 bridgehead atoms. The first-order chi connectivity index (χ1) is 16.2. The number of hydrogen-bond donors (Lipinski definition) is 2. The van der Waals surface area contributed by atoms with Gasteiger partial charge in [-0.05, 0) is 17.5 Å². The summed E-state index contributed by atoms with van der Waals surface area (Å²) < 4.78 is 3.49. The third-order valence-electron chi connectivity index (χ3n) is 5.75. The first-order valence-corrected chi connectivity index (χ1v) is 10.9. The van der Waals surface area contributed by atoms with Crippen LogP contribution in [0, 0.1) is 11.8 Å². The minimum Gasteiger partial charge on any atom is -0.311 e. The number of nitrogens with one attached hydrogen (secondary N) is 2. The average Bonchev–Trinajstić information content (AvgIpc) is 3.37. The van der Waals surface area contributed by atoms with Gasteiger partial charge in [0, 0.05) is 12.1 Å². The molecule has 0 aliphatic heterocycles. The van der Waals surface area contributed by atoms with E-state index in [9.17, 15) is 9.59 Å². The predicted octanol–water partition coefficient (Wildman–Crippen LogP) is 3.39. The van der Waals surface area contributed by atoms with Crippen LogP contribution in [0.5, 0.6) is 0 Å². The van der Waals surface area contributed by atoms with Crippen molar-refractivity contribution in [3.63, 3.8) is 0 Å². The van der Waals surface area contributed by atoms with Crippen LogP contribution >= 0.6 is 0 Å². The highest BCUT2D eigenvalue weighted by atomic mass is 16.2. The Kier molecular flexibility index (Phi) is 5.72. The van der Waals surface area contributed by atoms with E-state index >= 15 is 0 Å². The molecule has 2 heterocycles. The van der Waals surface area contributed by atoms with Gasteiger partial charge in [-0.25, -0.2) is 9.36 Å². The van der Waals surface area contributed by atoms with E-state index in [1.54, 1.807) is 33.9 Å². The standard InChI is InChI=1S/C25H24N6O2/c32-24(28-22-11-13-26-30(22)16-18-7-3-1-4-8-18)20-15-21(20)25(33)29-23-12-14-27-31(23)17-19-9-5-2-6-10-19/h1-14,20-21H,15-17H2,(H,28,32)(H,29,33). The van der Waals surface area contributed by atoms with Crippen LogP contribution in [0.3, 0.4) is 0 Å². The summed E-state index contributed by atoms with van der Waals surface area (Å²) in [6.45, 7) is 1.12. The molecule has 0 saturated heterocycles. The molecule has 166 valence electrons. The molecule has 1 aliphatic rings. The Bertz CT molecular complexity index is 1150. The van der Waals surface area contributed by atoms with E-state index in [-0.39, 0.29) is 23.7 Å². The highest BCUT2D eigenvalue weighted by Crippen LogP contribution is 2.40. The third kappa shape index (κ3) is 4.85. The molecular weight excluding hydrogens is 416 g/mol. The van der Waals surface area contributed by atoms with E-state index in [2.05, 4.69) is 20.8 Å². The lowest BCUT2D eigenvalue weighted by atomic mass is 10.2. The van der Waals surface area contributed by atoms with Crippen molar-refractivity contribution in [1.82, 2.24) is 19.6 Å². The SMILES string of the molecule is O=C(Nc1ccnn1Cc1ccccc1)C1CC1C(=O)Nc1ccnn1Cc1ccccc1. The molecule has 2 atom stereocenters. The first-order valence-electron chi connectivity index (χ1n) is 10.9. The summed E-state index contributed by atoms with van der Waals surface area (Å²) in [7, 11) is 0. The predicted molar refractivity (Wildman–Crippen MR) is 124 cm³/mol. The fraction of sp³-hybridized carbons (Fsp3) is 0.200. The number of carbonyl (C=O) groups is 2. The highest BCUT2D eigenvalue weighted by Gasteiger charge is 2.48. The molecule has 2 unspecified atom stereocenters. The largest absolute Gasteiger partial charge is 0.311 e. The van der Waals surface area contributed by atoms with E-state index in [0.29, 0.717) is 31.1 Å². The molecule has 8 nitrogen and oxygen atoms in total. The topological polar surface area (TPSA) is 93.8 Å². The van der Waals surface area contributed by atoms with Crippen LogP contribution in [0.25, 0.3) is 0 Å². The summed E-state index contributed by atoms with van der Waals surface area (Å²) in [5.74, 6) is 0.211. The Morgan fingerprint density at radius 3 is 1.55 bits per heavy atom. The van der Waals surface area contributed by atoms with Gasteiger partial charge in [0.05, 0.1) is 37.3 Å². The van der Waals surface area contributed by atoms with Crippen molar-refractivity contribution in [2.45, 2.75) is 19.5 Å². The summed E-state index contributed by atoms with van der Waals surface area (Å²) in [6, 6.07) is 23.4. The van der Waals surface area contributed by atoms with Crippen molar-refractivity contribution in [2.75, 3.05) is 10.6 Å². The lowest BCUT2D eigenvalue weighted by molar-refractivity contribution is -0.122. The second kappa shape index (κ2) is 9.12. The normalized spacial score (nSPS) is 16.8. The van der Waals surface area contributed by atoms with Crippen molar-refractivity contribution in [3.8, 4) is 0 Å². The summed E-state index contributed by atoms with van der Waals surface area (Å²) in [5, 5.41) is 14.5. The Balaban J connectivity index is 1.17. The van der Waals surface area contributed by atoms with Gasteiger partial charge < -0.3 is 10.6 Å². The molecule has 5 rings (SSSR count). The monoisotopic (exact) mass is 440 g/mol. The molecule has 8 heteroatoms. The Morgan fingerprint density at radius 1 is 0.697 bits per heavy atom. The van der Waals surface area contributed by atoms with Crippen molar-refractivity contribution >= 4 is 23.5 Å². The number of aromatic nitrogens is 4. The van der Waals surface area contributed by atoms with Gasteiger partial charge >= 0.3 is 0 Å². The van der Waals surface area contributed by atoms with Crippen LogP contribution in [-0.2, 0) is 22.7 Å². The molecule has 0 spiro atoms. The smallest absolute Gasteiger partial charge is 0.229 e. The lowest BCUT2D eigenvalue weighted by Gasteiger charge is -2.10. The van der Waals surface area contributed by atoms with Gasteiger partial charge in [-0.2, -0.15) is 10.2 Å². The minimum absolute atomic E-state index is 0.164. The van der Waals surface area contributed by atoms with Crippen LogP contribution in [-0.4, -0.2) is 31.4 Å². The van der Waals surface area contributed by atoms with Crippen molar-refractivity contribution < 1.29 is 9.59 Å². The maximum absolute atomic E-state index is 12.8. The maximum Gasteiger partial charge on any atom is 0.229 e. The maximum atomic E-state index is 12.8. The zero-order valence-corrected chi connectivity index (χ0v) is 18.0. The van der Waals surface area contributed by atoms with Crippen molar-refractivity contribution in [1.29, 1.82) is 0 Å². The molecule has 2 amide bonds. The number of amides is 2. The van der Waals surface area contributed by atoms with E-state index in [0.717, 1.165) is 11.1 Å². The Morgan fingerprint density at radius 2 is 1.12 bits per heavy atom. The first kappa shape index (κ1) is 20.7. The van der Waals surface area contributed by atoms with Crippen LogP contribution in [0.15, 0.2) is 85.2 Å². The molecule has 1 aliphatic carbocycles. The van der Waals surface area contributed by atoms with Gasteiger partial charge in [-0.3, -0.25) is 9.59 Å². The molecule has 0 radical (unpaired) electrons. The Labute approximate surface area is 191 Å². The summed E-state index contributed by atoms with van der Waals surface area (Å²) in [4.78, 5) is 25.5. The van der Waals surface area contributed by atoms with Gasteiger partial charge in [0.1, 0.15) is 11.6 Å². The molecule has 2 aromatic heterocycles. The summed E-state index contributed by atoms with van der Waals surface area (Å²) in [5.41, 5.74) is 2.18. The Hall–Kier alpha value is -4.20. The molecule has 2 N–H and O–H groups in total. The number of carbonyl (C=O) groups excluding carboxylic acids is 2. The number of rotatable bonds is 8. The van der Waals surface area contributed by atoms with Gasteiger partial charge in [0.25, 0.3) is 0 Å². The minimum atomic E-state index is -0.351. The van der Waals surface area contributed by atoms with Crippen LogP contribution < -0.4 is 10.6 Å². The molecule has 4 aromatic rings. The number of nitrogens with zero attached hydrogens (tertiary/aromatic N) is 4. The highest BCUT2D eigenvalue weighted by molar-refractivity contribution is 6.02. The summed E-state index contributed by atoms with van der Waals surface area (Å²) >= 11 is 0. The summed E-state index contributed by atoms with van der Waals surface area (Å²) in [6.07, 6.45) is 3.84. The molecule has 1 fully saturated rings.